The zero-order valence-corrected chi connectivity index (χ0v) is 13.4. The molecule has 0 aliphatic carbocycles. The number of hydrogen-bond acceptors (Lipinski definition) is 4. The van der Waals surface area contributed by atoms with Crippen LogP contribution in [0.25, 0.3) is 0 Å². The number of halogens is 1. The molecule has 1 fully saturated rings. The maximum absolute atomic E-state index is 12.5. The largest absolute Gasteiger partial charge is 0.300 e. The van der Waals surface area contributed by atoms with E-state index < -0.39 is 10.0 Å². The summed E-state index contributed by atoms with van der Waals surface area (Å²) in [4.78, 5) is 6.36. The first-order valence-corrected chi connectivity index (χ1v) is 8.66. The molecule has 1 aliphatic rings. The molecule has 1 aliphatic heterocycles. The quantitative estimate of drug-likeness (QED) is 0.778. The molecule has 1 atom stereocenters. The van der Waals surface area contributed by atoms with Gasteiger partial charge in [0, 0.05) is 25.3 Å². The summed E-state index contributed by atoms with van der Waals surface area (Å²) in [6.07, 6.45) is 2.20. The smallest absolute Gasteiger partial charge is 0.244 e. The molecule has 20 heavy (non-hydrogen) atoms. The molecule has 112 valence electrons. The monoisotopic (exact) mass is 317 g/mol. The van der Waals surface area contributed by atoms with Gasteiger partial charge in [0.25, 0.3) is 0 Å². The molecule has 2 rings (SSSR count). The first kappa shape index (κ1) is 15.7. The Hall–Kier alpha value is -0.690. The third kappa shape index (κ3) is 3.14. The zero-order valence-electron chi connectivity index (χ0n) is 11.8. The molecule has 0 saturated carbocycles. The fraction of sp³-hybridized carbons (Fsp3) is 0.615. The van der Waals surface area contributed by atoms with Crippen molar-refractivity contribution in [3.05, 3.63) is 23.5 Å². The minimum atomic E-state index is -3.45. The molecule has 7 heteroatoms. The van der Waals surface area contributed by atoms with Crippen molar-refractivity contribution in [1.82, 2.24) is 14.2 Å². The van der Waals surface area contributed by atoms with Crippen molar-refractivity contribution in [2.75, 3.05) is 26.2 Å². The second-order valence-electron chi connectivity index (χ2n) is 4.84. The van der Waals surface area contributed by atoms with Gasteiger partial charge in [0.2, 0.25) is 10.0 Å². The summed E-state index contributed by atoms with van der Waals surface area (Å²) in [6, 6.07) is 3.32. The summed E-state index contributed by atoms with van der Waals surface area (Å²) in [5.41, 5.74) is 0. The van der Waals surface area contributed by atoms with E-state index >= 15 is 0 Å². The van der Waals surface area contributed by atoms with E-state index in [1.807, 2.05) is 0 Å². The molecule has 0 spiro atoms. The van der Waals surface area contributed by atoms with Gasteiger partial charge in [-0.05, 0) is 31.6 Å². The van der Waals surface area contributed by atoms with E-state index in [0.717, 1.165) is 19.5 Å². The lowest BCUT2D eigenvalue weighted by Crippen LogP contribution is -2.38. The van der Waals surface area contributed by atoms with Crippen LogP contribution in [0.1, 0.15) is 20.3 Å². The summed E-state index contributed by atoms with van der Waals surface area (Å²) in [5.74, 6) is 0. The molecule has 5 nitrogen and oxygen atoms in total. The predicted molar refractivity (Wildman–Crippen MR) is 79.3 cm³/mol. The Balaban J connectivity index is 2.14. The van der Waals surface area contributed by atoms with Crippen molar-refractivity contribution in [3.8, 4) is 0 Å². The molecular weight excluding hydrogens is 298 g/mol. The minimum Gasteiger partial charge on any atom is -0.300 e. The van der Waals surface area contributed by atoms with E-state index in [4.69, 9.17) is 11.6 Å². The van der Waals surface area contributed by atoms with Gasteiger partial charge < -0.3 is 0 Å². The van der Waals surface area contributed by atoms with Gasteiger partial charge in [0.05, 0.1) is 0 Å². The summed E-state index contributed by atoms with van der Waals surface area (Å²) in [6.45, 7) is 7.20. The highest BCUT2D eigenvalue weighted by Crippen LogP contribution is 2.23. The van der Waals surface area contributed by atoms with Gasteiger partial charge in [0.15, 0.2) is 0 Å². The van der Waals surface area contributed by atoms with Crippen LogP contribution in [0.4, 0.5) is 0 Å². The van der Waals surface area contributed by atoms with Crippen molar-refractivity contribution in [2.24, 2.45) is 0 Å². The lowest BCUT2D eigenvalue weighted by atomic mass is 10.2. The molecule has 0 N–H and O–H groups in total. The standard InChI is InChI=1S/C13H20ClN3O2S/c1-3-16(4-2)11-7-8-17(10-11)20(18,19)12-5-6-13(14)15-9-12/h5-6,9,11H,3-4,7-8,10H2,1-2H3. The van der Waals surface area contributed by atoms with Gasteiger partial charge in [0.1, 0.15) is 10.0 Å². The molecular formula is C13H20ClN3O2S. The Morgan fingerprint density at radius 3 is 2.65 bits per heavy atom. The Labute approximate surface area is 125 Å². The summed E-state index contributed by atoms with van der Waals surface area (Å²) < 4.78 is 26.6. The number of likely N-dealkylation sites (N-methyl/N-ethyl adjacent to an activating group) is 1. The predicted octanol–water partition coefficient (Wildman–Crippen LogP) is 1.84. The number of hydrogen-bond donors (Lipinski definition) is 0. The van der Waals surface area contributed by atoms with Crippen molar-refractivity contribution in [2.45, 2.75) is 31.2 Å². The third-order valence-corrected chi connectivity index (χ3v) is 5.87. The number of nitrogens with zero attached hydrogens (tertiary/aromatic N) is 3. The molecule has 0 bridgehead atoms. The first-order chi connectivity index (χ1) is 9.48. The number of sulfonamides is 1. The maximum Gasteiger partial charge on any atom is 0.244 e. The first-order valence-electron chi connectivity index (χ1n) is 6.84. The molecule has 1 unspecified atom stereocenters. The fourth-order valence-corrected chi connectivity index (χ4v) is 4.18. The lowest BCUT2D eigenvalue weighted by molar-refractivity contribution is 0.224. The summed E-state index contributed by atoms with van der Waals surface area (Å²) in [5, 5.41) is 0.298. The van der Waals surface area contributed by atoms with Gasteiger partial charge in [-0.3, -0.25) is 4.90 Å². The van der Waals surface area contributed by atoms with E-state index in [0.29, 0.717) is 24.3 Å². The van der Waals surface area contributed by atoms with Gasteiger partial charge in [-0.2, -0.15) is 4.31 Å². The normalized spacial score (nSPS) is 20.7. The Morgan fingerprint density at radius 2 is 2.10 bits per heavy atom. The molecule has 0 amide bonds. The Morgan fingerprint density at radius 1 is 1.40 bits per heavy atom. The van der Waals surface area contributed by atoms with Gasteiger partial charge >= 0.3 is 0 Å². The van der Waals surface area contributed by atoms with Crippen LogP contribution in [0.3, 0.4) is 0 Å². The molecule has 1 aromatic rings. The van der Waals surface area contributed by atoms with Crippen molar-refractivity contribution in [3.63, 3.8) is 0 Å². The van der Waals surface area contributed by atoms with Crippen molar-refractivity contribution < 1.29 is 8.42 Å². The summed E-state index contributed by atoms with van der Waals surface area (Å²) in [7, 11) is -3.45. The minimum absolute atomic E-state index is 0.210. The van der Waals surface area contributed by atoms with Crippen LogP contribution < -0.4 is 0 Å². The van der Waals surface area contributed by atoms with Gasteiger partial charge in [-0.1, -0.05) is 25.4 Å². The van der Waals surface area contributed by atoms with Gasteiger partial charge in [-0.15, -0.1) is 0 Å². The molecule has 1 aromatic heterocycles. The molecule has 1 saturated heterocycles. The third-order valence-electron chi connectivity index (χ3n) is 3.79. The number of rotatable bonds is 5. The molecule has 0 aromatic carbocycles. The summed E-state index contributed by atoms with van der Waals surface area (Å²) >= 11 is 5.70. The van der Waals surface area contributed by atoms with Crippen molar-refractivity contribution in [1.29, 1.82) is 0 Å². The zero-order chi connectivity index (χ0) is 14.8. The lowest BCUT2D eigenvalue weighted by Gasteiger charge is -2.26. The van der Waals surface area contributed by atoms with E-state index in [1.54, 1.807) is 4.31 Å². The van der Waals surface area contributed by atoms with Crippen LogP contribution in [0.2, 0.25) is 5.15 Å². The van der Waals surface area contributed by atoms with Crippen molar-refractivity contribution >= 4 is 21.6 Å². The van der Waals surface area contributed by atoms with Crippen LogP contribution in [-0.4, -0.2) is 54.8 Å². The number of aromatic nitrogens is 1. The molecule has 0 radical (unpaired) electrons. The van der Waals surface area contributed by atoms with Crippen LogP contribution in [0.5, 0.6) is 0 Å². The highest BCUT2D eigenvalue weighted by atomic mass is 35.5. The average Bonchev–Trinajstić information content (AvgIpc) is 2.91. The average molecular weight is 318 g/mol. The van der Waals surface area contributed by atoms with Crippen LogP contribution >= 0.6 is 11.6 Å². The van der Waals surface area contributed by atoms with Crippen LogP contribution in [0.15, 0.2) is 23.2 Å². The second-order valence-corrected chi connectivity index (χ2v) is 7.17. The maximum atomic E-state index is 12.5. The SMILES string of the molecule is CCN(CC)C1CCN(S(=O)(=O)c2ccc(Cl)nc2)C1. The molecule has 2 heterocycles. The highest BCUT2D eigenvalue weighted by Gasteiger charge is 2.34. The number of pyridine rings is 1. The van der Waals surface area contributed by atoms with E-state index in [9.17, 15) is 8.42 Å². The second kappa shape index (κ2) is 6.39. The Bertz CT molecular complexity index is 543. The Kier molecular flexibility index (Phi) is 5.01. The van der Waals surface area contributed by atoms with Crippen LogP contribution in [-0.2, 0) is 10.0 Å². The van der Waals surface area contributed by atoms with Gasteiger partial charge in [-0.25, -0.2) is 13.4 Å². The van der Waals surface area contributed by atoms with E-state index in [-0.39, 0.29) is 4.90 Å². The fourth-order valence-electron chi connectivity index (χ4n) is 2.63. The van der Waals surface area contributed by atoms with Crippen LogP contribution in [0, 0.1) is 0 Å². The van der Waals surface area contributed by atoms with E-state index in [2.05, 4.69) is 23.7 Å². The topological polar surface area (TPSA) is 53.5 Å². The highest BCUT2D eigenvalue weighted by molar-refractivity contribution is 7.89. The van der Waals surface area contributed by atoms with E-state index in [1.165, 1.54) is 18.3 Å².